The molecule has 0 unspecified atom stereocenters. The molecule has 1 aliphatic rings. The van der Waals surface area contributed by atoms with Crippen LogP contribution in [0, 0.1) is 0 Å². The number of para-hydroxylation sites is 2. The van der Waals surface area contributed by atoms with Crippen molar-refractivity contribution in [3.05, 3.63) is 59.7 Å². The van der Waals surface area contributed by atoms with Crippen LogP contribution in [0.4, 0.5) is 5.69 Å². The highest BCUT2D eigenvalue weighted by Gasteiger charge is 2.21. The molecule has 1 heterocycles. The van der Waals surface area contributed by atoms with Gasteiger partial charge in [0.05, 0.1) is 12.8 Å². The van der Waals surface area contributed by atoms with Gasteiger partial charge in [0.1, 0.15) is 5.75 Å². The summed E-state index contributed by atoms with van der Waals surface area (Å²) in [6, 6.07) is 16.8. The smallest absolute Gasteiger partial charge is 0.194 e. The van der Waals surface area contributed by atoms with Crippen LogP contribution in [0.3, 0.4) is 0 Å². The van der Waals surface area contributed by atoms with Crippen molar-refractivity contribution in [2.24, 2.45) is 4.99 Å². The number of benzene rings is 2. The van der Waals surface area contributed by atoms with Gasteiger partial charge in [0, 0.05) is 46.3 Å². The SMILES string of the molecule is CN=C(NCc1ccccc1CN(C)C)N1CCN(c2ccccc2OC)CC1. The molecular weight excluding hydrogens is 362 g/mol. The standard InChI is InChI=1S/C23H33N5O/c1-24-23(25-17-19-9-5-6-10-20(19)18-26(2)3)28-15-13-27(14-16-28)21-11-7-8-12-22(21)29-4/h5-12H,13-18H2,1-4H3,(H,24,25). The highest BCUT2D eigenvalue weighted by molar-refractivity contribution is 5.80. The molecule has 0 aromatic heterocycles. The number of aliphatic imine (C=N–C) groups is 1. The predicted octanol–water partition coefficient (Wildman–Crippen LogP) is 2.65. The minimum absolute atomic E-state index is 0.781. The van der Waals surface area contributed by atoms with Gasteiger partial charge in [-0.25, -0.2) is 0 Å². The van der Waals surface area contributed by atoms with Crippen LogP contribution in [-0.2, 0) is 13.1 Å². The van der Waals surface area contributed by atoms with E-state index in [1.54, 1.807) is 7.11 Å². The number of guanidine groups is 1. The summed E-state index contributed by atoms with van der Waals surface area (Å²) in [6.07, 6.45) is 0. The van der Waals surface area contributed by atoms with Crippen molar-refractivity contribution in [2.45, 2.75) is 13.1 Å². The van der Waals surface area contributed by atoms with Gasteiger partial charge in [-0.05, 0) is 37.4 Å². The number of piperazine rings is 1. The summed E-state index contributed by atoms with van der Waals surface area (Å²) in [5.41, 5.74) is 3.83. The first-order chi connectivity index (χ1) is 14.1. The van der Waals surface area contributed by atoms with E-state index >= 15 is 0 Å². The molecule has 0 atom stereocenters. The van der Waals surface area contributed by atoms with Crippen LogP contribution in [0.25, 0.3) is 0 Å². The van der Waals surface area contributed by atoms with Gasteiger partial charge < -0.3 is 24.8 Å². The van der Waals surface area contributed by atoms with Crippen molar-refractivity contribution in [1.82, 2.24) is 15.1 Å². The Morgan fingerprint density at radius 2 is 1.66 bits per heavy atom. The minimum atomic E-state index is 0.781. The van der Waals surface area contributed by atoms with Gasteiger partial charge in [-0.15, -0.1) is 0 Å². The predicted molar refractivity (Wildman–Crippen MR) is 121 cm³/mol. The van der Waals surface area contributed by atoms with E-state index in [0.717, 1.165) is 56.7 Å². The van der Waals surface area contributed by atoms with Crippen LogP contribution in [0.2, 0.25) is 0 Å². The molecule has 0 bridgehead atoms. The molecule has 0 aliphatic carbocycles. The molecule has 6 heteroatoms. The third-order valence-corrected chi connectivity index (χ3v) is 5.26. The zero-order valence-electron chi connectivity index (χ0n) is 18.1. The Hall–Kier alpha value is -2.73. The van der Waals surface area contributed by atoms with E-state index in [4.69, 9.17) is 4.74 Å². The van der Waals surface area contributed by atoms with E-state index in [0.29, 0.717) is 0 Å². The Balaban J connectivity index is 1.59. The van der Waals surface area contributed by atoms with Crippen LogP contribution in [0.1, 0.15) is 11.1 Å². The summed E-state index contributed by atoms with van der Waals surface area (Å²) in [5, 5.41) is 3.56. The van der Waals surface area contributed by atoms with Crippen LogP contribution < -0.4 is 15.0 Å². The Kier molecular flexibility index (Phi) is 7.36. The number of nitrogens with zero attached hydrogens (tertiary/aromatic N) is 4. The summed E-state index contributed by atoms with van der Waals surface area (Å²) in [4.78, 5) is 11.4. The zero-order chi connectivity index (χ0) is 20.6. The maximum absolute atomic E-state index is 5.53. The van der Waals surface area contributed by atoms with E-state index in [1.165, 1.54) is 11.1 Å². The number of hydrogen-bond acceptors (Lipinski definition) is 4. The topological polar surface area (TPSA) is 43.3 Å². The fourth-order valence-corrected chi connectivity index (χ4v) is 3.78. The number of ether oxygens (including phenoxy) is 1. The highest BCUT2D eigenvalue weighted by atomic mass is 16.5. The van der Waals surface area contributed by atoms with Crippen LogP contribution in [0.5, 0.6) is 5.75 Å². The second-order valence-electron chi connectivity index (χ2n) is 7.55. The van der Waals surface area contributed by atoms with Gasteiger partial charge >= 0.3 is 0 Å². The first-order valence-electron chi connectivity index (χ1n) is 10.2. The molecule has 0 spiro atoms. The summed E-state index contributed by atoms with van der Waals surface area (Å²) >= 11 is 0. The lowest BCUT2D eigenvalue weighted by Crippen LogP contribution is -2.52. The summed E-state index contributed by atoms with van der Waals surface area (Å²) in [7, 11) is 7.80. The van der Waals surface area contributed by atoms with Crippen molar-refractivity contribution in [1.29, 1.82) is 0 Å². The van der Waals surface area contributed by atoms with Crippen molar-refractivity contribution in [3.8, 4) is 5.75 Å². The van der Waals surface area contributed by atoms with E-state index in [9.17, 15) is 0 Å². The molecule has 0 saturated carbocycles. The molecule has 3 rings (SSSR count). The average Bonchev–Trinajstić information content (AvgIpc) is 2.75. The lowest BCUT2D eigenvalue weighted by atomic mass is 10.1. The normalized spacial score (nSPS) is 15.0. The van der Waals surface area contributed by atoms with Gasteiger partial charge in [0.15, 0.2) is 5.96 Å². The largest absolute Gasteiger partial charge is 0.495 e. The first kappa shape index (κ1) is 21.0. The van der Waals surface area contributed by atoms with E-state index in [1.807, 2.05) is 19.2 Å². The van der Waals surface area contributed by atoms with E-state index in [-0.39, 0.29) is 0 Å². The summed E-state index contributed by atoms with van der Waals surface area (Å²) < 4.78 is 5.53. The van der Waals surface area contributed by atoms with E-state index in [2.05, 4.69) is 75.5 Å². The number of rotatable bonds is 6. The van der Waals surface area contributed by atoms with Crippen molar-refractivity contribution >= 4 is 11.6 Å². The molecule has 29 heavy (non-hydrogen) atoms. The Labute approximate surface area is 174 Å². The number of nitrogens with one attached hydrogen (secondary N) is 1. The Bertz CT molecular complexity index is 812. The second-order valence-corrected chi connectivity index (χ2v) is 7.55. The van der Waals surface area contributed by atoms with Crippen molar-refractivity contribution in [2.75, 3.05) is 59.3 Å². The molecule has 1 fully saturated rings. The lowest BCUT2D eigenvalue weighted by molar-refractivity contribution is 0.366. The molecule has 6 nitrogen and oxygen atoms in total. The average molecular weight is 396 g/mol. The Morgan fingerprint density at radius 3 is 2.31 bits per heavy atom. The molecule has 0 amide bonds. The van der Waals surface area contributed by atoms with Crippen molar-refractivity contribution < 1.29 is 4.74 Å². The van der Waals surface area contributed by atoms with Crippen molar-refractivity contribution in [3.63, 3.8) is 0 Å². The number of anilines is 1. The summed E-state index contributed by atoms with van der Waals surface area (Å²) in [6.45, 7) is 5.46. The number of methoxy groups -OCH3 is 1. The van der Waals surface area contributed by atoms with E-state index < -0.39 is 0 Å². The molecule has 2 aromatic rings. The zero-order valence-corrected chi connectivity index (χ0v) is 18.1. The first-order valence-corrected chi connectivity index (χ1v) is 10.2. The maximum Gasteiger partial charge on any atom is 0.194 e. The molecule has 156 valence electrons. The Morgan fingerprint density at radius 1 is 1.00 bits per heavy atom. The van der Waals surface area contributed by atoms with Gasteiger partial charge in [0.2, 0.25) is 0 Å². The quantitative estimate of drug-likeness (QED) is 0.602. The monoisotopic (exact) mass is 395 g/mol. The van der Waals surface area contributed by atoms with Gasteiger partial charge in [-0.2, -0.15) is 0 Å². The second kappa shape index (κ2) is 10.2. The number of hydrogen-bond donors (Lipinski definition) is 1. The fraction of sp³-hybridized carbons (Fsp3) is 0.435. The minimum Gasteiger partial charge on any atom is -0.495 e. The van der Waals surface area contributed by atoms with Crippen LogP contribution in [0.15, 0.2) is 53.5 Å². The lowest BCUT2D eigenvalue weighted by Gasteiger charge is -2.38. The molecule has 1 saturated heterocycles. The van der Waals surface area contributed by atoms with Gasteiger partial charge in [-0.1, -0.05) is 36.4 Å². The fourth-order valence-electron chi connectivity index (χ4n) is 3.78. The van der Waals surface area contributed by atoms with Crippen LogP contribution >= 0.6 is 0 Å². The highest BCUT2D eigenvalue weighted by Crippen LogP contribution is 2.28. The van der Waals surface area contributed by atoms with Crippen LogP contribution in [-0.4, -0.2) is 70.2 Å². The maximum atomic E-state index is 5.53. The summed E-state index contributed by atoms with van der Waals surface area (Å²) in [5.74, 6) is 1.89. The molecule has 0 radical (unpaired) electrons. The molecular formula is C23H33N5O. The van der Waals surface area contributed by atoms with Gasteiger partial charge in [-0.3, -0.25) is 4.99 Å². The molecule has 2 aromatic carbocycles. The molecule has 1 aliphatic heterocycles. The third kappa shape index (κ3) is 5.41. The van der Waals surface area contributed by atoms with Gasteiger partial charge in [0.25, 0.3) is 0 Å². The molecule has 1 N–H and O–H groups in total. The third-order valence-electron chi connectivity index (χ3n) is 5.26.